The third kappa shape index (κ3) is 5.00. The number of rotatable bonds is 9. The maximum Gasteiger partial charge on any atom is 0.338 e. The Morgan fingerprint density at radius 1 is 1.00 bits per heavy atom. The molecule has 0 unspecified atom stereocenters. The van der Waals surface area contributed by atoms with E-state index >= 15 is 0 Å². The maximum absolute atomic E-state index is 12.5. The van der Waals surface area contributed by atoms with Crippen molar-refractivity contribution in [3.8, 4) is 11.5 Å². The molecule has 0 atom stereocenters. The van der Waals surface area contributed by atoms with Crippen LogP contribution in [0.15, 0.2) is 47.4 Å². The molecule has 152 valence electrons. The molecule has 0 radical (unpaired) electrons. The normalized spacial score (nSPS) is 11.3. The second-order valence-electron chi connectivity index (χ2n) is 5.70. The van der Waals surface area contributed by atoms with Crippen molar-refractivity contribution in [2.75, 3.05) is 35.0 Å². The van der Waals surface area contributed by atoms with Gasteiger partial charge in [-0.1, -0.05) is 16.6 Å². The number of methoxy groups -OCH3 is 2. The van der Waals surface area contributed by atoms with Crippen LogP contribution in [0, 0.1) is 0 Å². The molecule has 0 saturated heterocycles. The van der Waals surface area contributed by atoms with Gasteiger partial charge < -0.3 is 14.2 Å². The largest absolute Gasteiger partial charge is 0.497 e. The third-order valence-corrected chi connectivity index (χ3v) is 5.76. The first kappa shape index (κ1) is 21.7. The molecule has 8 nitrogen and oxygen atoms in total. The predicted octanol–water partition coefficient (Wildman–Crippen LogP) is 2.29. The van der Waals surface area contributed by atoms with Crippen molar-refractivity contribution < 1.29 is 32.3 Å². The highest BCUT2D eigenvalue weighted by atomic mass is 32.2. The Kier molecular flexibility index (Phi) is 7.38. The lowest BCUT2D eigenvalue weighted by Crippen LogP contribution is -2.26. The van der Waals surface area contributed by atoms with E-state index in [1.807, 2.05) is 24.3 Å². The monoisotopic (exact) mass is 409 g/mol. The van der Waals surface area contributed by atoms with Gasteiger partial charge in [-0.05, 0) is 35.9 Å². The van der Waals surface area contributed by atoms with Crippen molar-refractivity contribution in [3.05, 3.63) is 53.6 Å². The molecule has 0 aliphatic carbocycles. The van der Waals surface area contributed by atoms with Crippen LogP contribution in [-0.2, 0) is 26.0 Å². The molecule has 0 aromatic heterocycles. The number of sulfonamides is 1. The van der Waals surface area contributed by atoms with Gasteiger partial charge in [0.25, 0.3) is 10.0 Å². The van der Waals surface area contributed by atoms with E-state index in [0.717, 1.165) is 11.3 Å². The van der Waals surface area contributed by atoms with E-state index < -0.39 is 16.0 Å². The van der Waals surface area contributed by atoms with Gasteiger partial charge in [0, 0.05) is 13.5 Å². The van der Waals surface area contributed by atoms with E-state index in [0.29, 0.717) is 10.9 Å². The Bertz CT molecular complexity index is 910. The van der Waals surface area contributed by atoms with Crippen LogP contribution >= 0.6 is 0 Å². The van der Waals surface area contributed by atoms with Crippen LogP contribution in [-0.4, -0.2) is 53.8 Å². The Morgan fingerprint density at radius 3 is 2.25 bits per heavy atom. The van der Waals surface area contributed by atoms with Gasteiger partial charge in [-0.25, -0.2) is 13.2 Å². The van der Waals surface area contributed by atoms with E-state index in [9.17, 15) is 13.2 Å². The van der Waals surface area contributed by atoms with Crippen LogP contribution < -0.4 is 9.47 Å². The Hall–Kier alpha value is -2.62. The summed E-state index contributed by atoms with van der Waals surface area (Å²) in [5.41, 5.74) is 1.08. The van der Waals surface area contributed by atoms with Gasteiger partial charge in [-0.3, -0.25) is 4.84 Å². The highest BCUT2D eigenvalue weighted by Gasteiger charge is 2.26. The number of hydrogen-bond acceptors (Lipinski definition) is 7. The molecule has 2 aromatic carbocycles. The van der Waals surface area contributed by atoms with Crippen LogP contribution in [0.2, 0.25) is 0 Å². The second kappa shape index (κ2) is 9.54. The summed E-state index contributed by atoms with van der Waals surface area (Å²) in [5, 5.41) is 0. The quantitative estimate of drug-likeness (QED) is 0.463. The number of hydroxylamine groups is 1. The minimum atomic E-state index is -3.99. The summed E-state index contributed by atoms with van der Waals surface area (Å²) in [6.07, 6.45) is 0.517. The molecule has 0 spiro atoms. The second-order valence-corrected chi connectivity index (χ2v) is 7.60. The van der Waals surface area contributed by atoms with Crippen LogP contribution in [0.3, 0.4) is 0 Å². The van der Waals surface area contributed by atoms with Crippen LogP contribution in [0.5, 0.6) is 11.5 Å². The molecule has 0 heterocycles. The molecule has 0 N–H and O–H groups in total. The topological polar surface area (TPSA) is 91.4 Å². The van der Waals surface area contributed by atoms with Crippen molar-refractivity contribution in [1.29, 1.82) is 0 Å². The summed E-state index contributed by atoms with van der Waals surface area (Å²) < 4.78 is 41.2. The summed E-state index contributed by atoms with van der Waals surface area (Å²) in [6.45, 7) is 0.150. The summed E-state index contributed by atoms with van der Waals surface area (Å²) in [5.74, 6) is 0.208. The van der Waals surface area contributed by atoms with Crippen molar-refractivity contribution in [3.63, 3.8) is 0 Å². The fourth-order valence-corrected chi connectivity index (χ4v) is 3.53. The zero-order valence-corrected chi connectivity index (χ0v) is 17.0. The number of nitrogens with zero attached hydrogens (tertiary/aromatic N) is 1. The van der Waals surface area contributed by atoms with E-state index in [1.165, 1.54) is 39.5 Å². The molecule has 9 heteroatoms. The summed E-state index contributed by atoms with van der Waals surface area (Å²) in [6, 6.07) is 11.5. The maximum atomic E-state index is 12.5. The first-order chi connectivity index (χ1) is 13.3. The lowest BCUT2D eigenvalue weighted by molar-refractivity contribution is -0.0259. The summed E-state index contributed by atoms with van der Waals surface area (Å²) in [7, 11) is 1.41. The average molecular weight is 409 g/mol. The van der Waals surface area contributed by atoms with Gasteiger partial charge in [-0.2, -0.15) is 0 Å². The number of carbonyl (C=O) groups excluding carboxylic acids is 1. The van der Waals surface area contributed by atoms with Gasteiger partial charge in [0.2, 0.25) is 0 Å². The number of carbonyl (C=O) groups is 1. The first-order valence-corrected chi connectivity index (χ1v) is 9.78. The van der Waals surface area contributed by atoms with Gasteiger partial charge in [0.1, 0.15) is 16.4 Å². The zero-order chi connectivity index (χ0) is 20.7. The average Bonchev–Trinajstić information content (AvgIpc) is 2.72. The molecule has 0 fully saturated rings. The molecular weight excluding hydrogens is 386 g/mol. The lowest BCUT2D eigenvalue weighted by Gasteiger charge is -2.17. The predicted molar refractivity (Wildman–Crippen MR) is 102 cm³/mol. The van der Waals surface area contributed by atoms with Crippen molar-refractivity contribution in [2.45, 2.75) is 11.3 Å². The van der Waals surface area contributed by atoms with Crippen molar-refractivity contribution >= 4 is 16.0 Å². The van der Waals surface area contributed by atoms with E-state index in [2.05, 4.69) is 0 Å². The summed E-state index contributed by atoms with van der Waals surface area (Å²) in [4.78, 5) is 16.9. The van der Waals surface area contributed by atoms with Crippen molar-refractivity contribution in [2.24, 2.45) is 0 Å². The van der Waals surface area contributed by atoms with E-state index in [1.54, 1.807) is 7.11 Å². The molecule has 0 amide bonds. The third-order valence-electron chi connectivity index (χ3n) is 4.06. The highest BCUT2D eigenvalue weighted by molar-refractivity contribution is 7.89. The minimum absolute atomic E-state index is 0.0959. The Morgan fingerprint density at radius 2 is 1.68 bits per heavy atom. The number of esters is 1. The minimum Gasteiger partial charge on any atom is -0.497 e. The Balaban J connectivity index is 2.11. The van der Waals surface area contributed by atoms with Gasteiger partial charge >= 0.3 is 5.97 Å². The molecule has 0 aliphatic heterocycles. The van der Waals surface area contributed by atoms with Crippen LogP contribution in [0.1, 0.15) is 15.9 Å². The molecule has 0 aliphatic rings. The van der Waals surface area contributed by atoms with Gasteiger partial charge in [0.15, 0.2) is 0 Å². The SMILES string of the molecule is COc1ccc(CCOC(=O)c2ccc(OC)c(S(=O)(=O)N(C)OC)c2)cc1. The van der Waals surface area contributed by atoms with E-state index in [-0.39, 0.29) is 22.8 Å². The standard InChI is InChI=1S/C19H23NO7S/c1-20(26-4)28(22,23)18-13-15(7-10-17(18)25-3)19(21)27-12-11-14-5-8-16(24-2)9-6-14/h5-10,13H,11-12H2,1-4H3. The smallest absolute Gasteiger partial charge is 0.338 e. The summed E-state index contributed by atoms with van der Waals surface area (Å²) >= 11 is 0. The van der Waals surface area contributed by atoms with Gasteiger partial charge in [0.05, 0.1) is 33.5 Å². The number of ether oxygens (including phenoxy) is 3. The van der Waals surface area contributed by atoms with E-state index in [4.69, 9.17) is 19.0 Å². The number of benzene rings is 2. The molecule has 2 aromatic rings. The molecule has 28 heavy (non-hydrogen) atoms. The van der Waals surface area contributed by atoms with Crippen molar-refractivity contribution in [1.82, 2.24) is 4.47 Å². The molecular formula is C19H23NO7S. The molecule has 2 rings (SSSR count). The number of hydrogen-bond donors (Lipinski definition) is 0. The van der Waals surface area contributed by atoms with Gasteiger partial charge in [-0.15, -0.1) is 0 Å². The van der Waals surface area contributed by atoms with Crippen LogP contribution in [0.4, 0.5) is 0 Å². The highest BCUT2D eigenvalue weighted by Crippen LogP contribution is 2.27. The first-order valence-electron chi connectivity index (χ1n) is 8.34. The Labute approximate surface area is 164 Å². The fourth-order valence-electron chi connectivity index (χ4n) is 2.38. The molecule has 0 bridgehead atoms. The van der Waals surface area contributed by atoms with Crippen LogP contribution in [0.25, 0.3) is 0 Å². The zero-order valence-electron chi connectivity index (χ0n) is 16.2. The molecule has 0 saturated carbocycles. The lowest BCUT2D eigenvalue weighted by atomic mass is 10.1. The fraction of sp³-hybridized carbons (Fsp3) is 0.316.